The lowest BCUT2D eigenvalue weighted by atomic mass is 10.2. The number of nitrogens with one attached hydrogen (secondary N) is 1. The summed E-state index contributed by atoms with van der Waals surface area (Å²) in [6.07, 6.45) is 1.33. The zero-order valence-corrected chi connectivity index (χ0v) is 10.9. The summed E-state index contributed by atoms with van der Waals surface area (Å²) in [5, 5.41) is 2.53. The lowest BCUT2D eigenvalue weighted by Gasteiger charge is -2.31. The van der Waals surface area contributed by atoms with Crippen LogP contribution in [0.2, 0.25) is 0 Å². The van der Waals surface area contributed by atoms with Crippen molar-refractivity contribution in [2.75, 3.05) is 18.8 Å². The number of imidazole rings is 1. The fourth-order valence-corrected chi connectivity index (χ4v) is 3.75. The molecule has 0 spiro atoms. The highest BCUT2D eigenvalue weighted by molar-refractivity contribution is 7.89. The van der Waals surface area contributed by atoms with E-state index in [0.717, 1.165) is 4.31 Å². The van der Waals surface area contributed by atoms with Gasteiger partial charge in [-0.25, -0.2) is 13.4 Å². The largest absolute Gasteiger partial charge is 0.381 e. The second-order valence-corrected chi connectivity index (χ2v) is 5.93. The van der Waals surface area contributed by atoms with Crippen molar-refractivity contribution in [3.63, 3.8) is 0 Å². The minimum atomic E-state index is -3.81. The van der Waals surface area contributed by atoms with Crippen molar-refractivity contribution in [3.05, 3.63) is 6.33 Å². The van der Waals surface area contributed by atoms with Crippen LogP contribution in [0.4, 0.5) is 5.82 Å². The topological polar surface area (TPSA) is 110 Å². The van der Waals surface area contributed by atoms with Gasteiger partial charge in [-0.2, -0.15) is 4.31 Å². The van der Waals surface area contributed by atoms with Crippen molar-refractivity contribution < 1.29 is 13.2 Å². The number of sulfonamides is 1. The predicted octanol–water partition coefficient (Wildman–Crippen LogP) is -1.49. The van der Waals surface area contributed by atoms with Crippen LogP contribution >= 0.6 is 0 Å². The SMILES string of the molecule is CC1C(=O)NCCN1S(=O)(=O)c1c(N)ncn1C. The molecule has 0 aliphatic carbocycles. The van der Waals surface area contributed by atoms with Crippen LogP contribution in [0.1, 0.15) is 6.92 Å². The van der Waals surface area contributed by atoms with E-state index in [0.29, 0.717) is 6.54 Å². The fraction of sp³-hybridized carbons (Fsp3) is 0.556. The van der Waals surface area contributed by atoms with E-state index >= 15 is 0 Å². The van der Waals surface area contributed by atoms with Gasteiger partial charge in [-0.15, -0.1) is 0 Å². The molecule has 1 aliphatic rings. The van der Waals surface area contributed by atoms with Crippen LogP contribution in [-0.2, 0) is 21.9 Å². The summed E-state index contributed by atoms with van der Waals surface area (Å²) < 4.78 is 27.4. The number of amides is 1. The normalized spacial score (nSPS) is 21.9. The molecule has 2 heterocycles. The molecule has 3 N–H and O–H groups in total. The van der Waals surface area contributed by atoms with Crippen LogP contribution in [0.3, 0.4) is 0 Å². The molecule has 1 aromatic heterocycles. The molecule has 1 amide bonds. The first-order valence-electron chi connectivity index (χ1n) is 5.42. The van der Waals surface area contributed by atoms with Crippen LogP contribution in [0.15, 0.2) is 11.4 Å². The van der Waals surface area contributed by atoms with Gasteiger partial charge in [-0.1, -0.05) is 0 Å². The Morgan fingerprint density at radius 2 is 2.22 bits per heavy atom. The number of anilines is 1. The Kier molecular flexibility index (Phi) is 3.03. The summed E-state index contributed by atoms with van der Waals surface area (Å²) in [5.74, 6) is -0.374. The van der Waals surface area contributed by atoms with E-state index in [-0.39, 0.29) is 23.3 Å². The van der Waals surface area contributed by atoms with Gasteiger partial charge in [-0.05, 0) is 6.92 Å². The summed E-state index contributed by atoms with van der Waals surface area (Å²) in [5.41, 5.74) is 5.58. The molecule has 1 unspecified atom stereocenters. The predicted molar refractivity (Wildman–Crippen MR) is 64.0 cm³/mol. The van der Waals surface area contributed by atoms with Gasteiger partial charge in [0.05, 0.1) is 6.33 Å². The molecular formula is C9H15N5O3S. The van der Waals surface area contributed by atoms with E-state index in [1.165, 1.54) is 10.9 Å². The number of aryl methyl sites for hydroxylation is 1. The minimum Gasteiger partial charge on any atom is -0.381 e. The Morgan fingerprint density at radius 3 is 2.78 bits per heavy atom. The smallest absolute Gasteiger partial charge is 0.263 e. The summed E-state index contributed by atoms with van der Waals surface area (Å²) in [6.45, 7) is 2.05. The number of nitrogens with zero attached hydrogens (tertiary/aromatic N) is 3. The third-order valence-corrected chi connectivity index (χ3v) is 5.01. The molecule has 0 bridgehead atoms. The third kappa shape index (κ3) is 1.85. The molecule has 9 heteroatoms. The quantitative estimate of drug-likeness (QED) is 0.682. The Hall–Kier alpha value is -1.61. The number of nitrogens with two attached hydrogens (primary N) is 1. The molecule has 1 aromatic rings. The maximum absolute atomic E-state index is 12.5. The van der Waals surface area contributed by atoms with Crippen molar-refractivity contribution in [2.45, 2.75) is 18.0 Å². The number of aromatic nitrogens is 2. The number of nitrogen functional groups attached to an aromatic ring is 1. The molecule has 1 atom stereocenters. The first-order valence-corrected chi connectivity index (χ1v) is 6.86. The summed E-state index contributed by atoms with van der Waals surface area (Å²) in [4.78, 5) is 15.3. The second-order valence-electron chi connectivity index (χ2n) is 4.13. The van der Waals surface area contributed by atoms with Crippen LogP contribution in [0, 0.1) is 0 Å². The van der Waals surface area contributed by atoms with Gasteiger partial charge in [0, 0.05) is 20.1 Å². The van der Waals surface area contributed by atoms with E-state index in [9.17, 15) is 13.2 Å². The third-order valence-electron chi connectivity index (χ3n) is 2.91. The Balaban J connectivity index is 2.46. The van der Waals surface area contributed by atoms with Crippen LogP contribution in [-0.4, -0.2) is 47.3 Å². The molecule has 0 saturated carbocycles. The van der Waals surface area contributed by atoms with Gasteiger partial charge >= 0.3 is 0 Å². The lowest BCUT2D eigenvalue weighted by molar-refractivity contribution is -0.126. The highest BCUT2D eigenvalue weighted by Gasteiger charge is 2.38. The zero-order valence-electron chi connectivity index (χ0n) is 10.1. The molecule has 0 radical (unpaired) electrons. The van der Waals surface area contributed by atoms with Crippen LogP contribution in [0.25, 0.3) is 0 Å². The Labute approximate surface area is 105 Å². The molecule has 2 rings (SSSR count). The monoisotopic (exact) mass is 273 g/mol. The highest BCUT2D eigenvalue weighted by atomic mass is 32.2. The van der Waals surface area contributed by atoms with Crippen molar-refractivity contribution in [1.29, 1.82) is 0 Å². The van der Waals surface area contributed by atoms with Crippen molar-refractivity contribution in [3.8, 4) is 0 Å². The van der Waals surface area contributed by atoms with Gasteiger partial charge in [-0.3, -0.25) is 4.79 Å². The highest BCUT2D eigenvalue weighted by Crippen LogP contribution is 2.23. The number of hydrogen-bond acceptors (Lipinski definition) is 5. The first kappa shape index (κ1) is 12.8. The average Bonchev–Trinajstić information content (AvgIpc) is 2.62. The first-order chi connectivity index (χ1) is 8.35. The van der Waals surface area contributed by atoms with Gasteiger partial charge < -0.3 is 15.6 Å². The van der Waals surface area contributed by atoms with Crippen LogP contribution in [0.5, 0.6) is 0 Å². The molecule has 1 fully saturated rings. The zero-order chi connectivity index (χ0) is 13.5. The summed E-state index contributed by atoms with van der Waals surface area (Å²) in [6, 6.07) is -0.752. The van der Waals surface area contributed by atoms with Gasteiger partial charge in [0.1, 0.15) is 6.04 Å². The number of hydrogen-bond donors (Lipinski definition) is 2. The Morgan fingerprint density at radius 1 is 1.56 bits per heavy atom. The second kappa shape index (κ2) is 4.25. The number of rotatable bonds is 2. The summed E-state index contributed by atoms with van der Waals surface area (Å²) >= 11 is 0. The molecule has 8 nitrogen and oxygen atoms in total. The Bertz CT molecular complexity index is 560. The minimum absolute atomic E-state index is 0.0596. The number of piperazine rings is 1. The summed E-state index contributed by atoms with van der Waals surface area (Å²) in [7, 11) is -2.27. The van der Waals surface area contributed by atoms with Crippen LogP contribution < -0.4 is 11.1 Å². The lowest BCUT2D eigenvalue weighted by Crippen LogP contribution is -2.55. The molecule has 1 aliphatic heterocycles. The number of carbonyl (C=O) groups is 1. The van der Waals surface area contributed by atoms with E-state index in [1.54, 1.807) is 14.0 Å². The van der Waals surface area contributed by atoms with E-state index in [2.05, 4.69) is 10.3 Å². The maximum atomic E-state index is 12.5. The van der Waals surface area contributed by atoms with Gasteiger partial charge in [0.25, 0.3) is 10.0 Å². The van der Waals surface area contributed by atoms with Gasteiger partial charge in [0.15, 0.2) is 10.8 Å². The maximum Gasteiger partial charge on any atom is 0.263 e. The molecule has 1 saturated heterocycles. The van der Waals surface area contributed by atoms with Crippen molar-refractivity contribution in [2.24, 2.45) is 7.05 Å². The van der Waals surface area contributed by atoms with E-state index in [1.807, 2.05) is 0 Å². The molecule has 0 aromatic carbocycles. The molecule has 18 heavy (non-hydrogen) atoms. The van der Waals surface area contributed by atoms with Crippen molar-refractivity contribution in [1.82, 2.24) is 19.2 Å². The van der Waals surface area contributed by atoms with Gasteiger partial charge in [0.2, 0.25) is 5.91 Å². The standard InChI is InChI=1S/C9H15N5O3S/c1-6-8(15)11-3-4-14(6)18(16,17)9-7(10)12-5-13(9)2/h5-6H,3-4,10H2,1-2H3,(H,11,15). The van der Waals surface area contributed by atoms with E-state index < -0.39 is 16.1 Å². The number of carbonyl (C=O) groups excluding carboxylic acids is 1. The van der Waals surface area contributed by atoms with E-state index in [4.69, 9.17) is 5.73 Å². The molecule has 100 valence electrons. The van der Waals surface area contributed by atoms with Crippen molar-refractivity contribution >= 4 is 21.7 Å². The molecular weight excluding hydrogens is 258 g/mol. The average molecular weight is 273 g/mol. The fourth-order valence-electron chi connectivity index (χ4n) is 1.95.